The van der Waals surface area contributed by atoms with Crippen LogP contribution < -0.4 is 68.0 Å². The summed E-state index contributed by atoms with van der Waals surface area (Å²) in [6, 6.07) is 45.1. The van der Waals surface area contributed by atoms with E-state index in [1.165, 1.54) is 54.8 Å². The second-order valence-corrected chi connectivity index (χ2v) is 38.0. The van der Waals surface area contributed by atoms with Gasteiger partial charge in [0, 0.05) is 39.1 Å². The Morgan fingerprint density at radius 3 is 1.46 bits per heavy atom. The number of rotatable bonds is 20. The van der Waals surface area contributed by atoms with E-state index >= 15 is 0 Å². The van der Waals surface area contributed by atoms with Gasteiger partial charge in [-0.3, -0.25) is 24.5 Å². The number of methoxy groups -OCH3 is 2. The summed E-state index contributed by atoms with van der Waals surface area (Å²) in [5.74, 6) is 2.58. The van der Waals surface area contributed by atoms with E-state index < -0.39 is 11.8 Å². The van der Waals surface area contributed by atoms with Crippen molar-refractivity contribution in [1.82, 2.24) is 59.8 Å². The van der Waals surface area contributed by atoms with Crippen LogP contribution in [0.3, 0.4) is 0 Å². The highest BCUT2D eigenvalue weighted by Crippen LogP contribution is 2.46. The second kappa shape index (κ2) is 37.1. The summed E-state index contributed by atoms with van der Waals surface area (Å²) in [7, 11) is 3.32. The van der Waals surface area contributed by atoms with Gasteiger partial charge in [0.25, 0.3) is 0 Å². The maximum absolute atomic E-state index is 11.6. The Labute approximate surface area is 747 Å². The first-order valence-electron chi connectivity index (χ1n) is 39.4. The second-order valence-electron chi connectivity index (χ2n) is 29.2. The minimum atomic E-state index is -0.486. The van der Waals surface area contributed by atoms with Crippen molar-refractivity contribution in [3.63, 3.8) is 0 Å². The van der Waals surface area contributed by atoms with Gasteiger partial charge in [-0.15, -0.1) is 56.7 Å². The molecule has 0 aliphatic heterocycles. The number of aryl methyl sites for hydroxylation is 7. The number of benzene rings is 8. The highest BCUT2D eigenvalue weighted by Gasteiger charge is 2.28. The van der Waals surface area contributed by atoms with Gasteiger partial charge >= 0.3 is 0 Å². The van der Waals surface area contributed by atoms with Crippen LogP contribution in [0.4, 0.5) is 66.0 Å². The third-order valence-corrected chi connectivity index (χ3v) is 27.1. The number of thiazole rings is 8. The van der Waals surface area contributed by atoms with Gasteiger partial charge in [-0.1, -0.05) is 70.4 Å². The molecule has 0 saturated heterocycles. The average Bonchev–Trinajstić information content (AvgIpc) is 1.67. The van der Waals surface area contributed by atoms with E-state index in [9.17, 15) is 19.2 Å². The number of nitrogens with one attached hydrogen (secondary N) is 8. The van der Waals surface area contributed by atoms with Gasteiger partial charge in [0.2, 0.25) is 23.7 Å². The predicted molar refractivity (Wildman–Crippen MR) is 510 cm³/mol. The number of carbonyl (C=O) groups is 4. The molecule has 18 aromatic rings. The van der Waals surface area contributed by atoms with E-state index in [0.717, 1.165) is 181 Å². The van der Waals surface area contributed by atoms with Crippen LogP contribution >= 0.6 is 90.7 Å². The molecule has 20 rings (SSSR count). The van der Waals surface area contributed by atoms with Crippen LogP contribution in [0, 0.1) is 20.8 Å². The molecule has 0 unspecified atom stereocenters. The molecule has 0 bridgehead atoms. The van der Waals surface area contributed by atoms with Gasteiger partial charge in [0.05, 0.1) is 132 Å². The Kier molecular flexibility index (Phi) is 25.4. The fourth-order valence-electron chi connectivity index (χ4n) is 13.8. The number of primary amides is 2. The lowest BCUT2D eigenvalue weighted by Gasteiger charge is -2.15. The number of Topliss-reactive ketones (excluding diaryl/α,β-unsaturated/α-hetero) is 1. The maximum atomic E-state index is 11.6. The van der Waals surface area contributed by atoms with Gasteiger partial charge in [-0.05, 0) is 197 Å². The zero-order chi connectivity index (χ0) is 87.4. The van der Waals surface area contributed by atoms with Crippen molar-refractivity contribution in [2.75, 3.05) is 51.9 Å². The van der Waals surface area contributed by atoms with Gasteiger partial charge in [0.1, 0.15) is 50.6 Å². The number of ketones is 1. The van der Waals surface area contributed by atoms with E-state index in [2.05, 4.69) is 83.7 Å². The van der Waals surface area contributed by atoms with Crippen molar-refractivity contribution in [2.45, 2.75) is 107 Å². The molecular formula is C88H83N21O8S8. The van der Waals surface area contributed by atoms with E-state index in [4.69, 9.17) is 51.1 Å². The zero-order valence-corrected chi connectivity index (χ0v) is 75.8. The number of hydrogen-bond donors (Lipinski definition) is 11. The highest BCUT2D eigenvalue weighted by atomic mass is 32.1. The molecule has 2 aliphatic carbocycles. The number of ether oxygens (including phenoxy) is 4. The molecule has 10 aromatic heterocycles. The quantitative estimate of drug-likeness (QED) is 0.0316. The number of fused-ring (bicyclic) bond motifs is 15. The molecule has 0 radical (unpaired) electrons. The smallest absolute Gasteiger partial charge is 0.248 e. The summed E-state index contributed by atoms with van der Waals surface area (Å²) in [4.78, 5) is 103. The lowest BCUT2D eigenvalue weighted by Crippen LogP contribution is -2.12. The Bertz CT molecular complexity index is 7110. The van der Waals surface area contributed by atoms with Crippen LogP contribution in [-0.2, 0) is 30.5 Å². The number of para-hydroxylation sites is 4. The van der Waals surface area contributed by atoms with Gasteiger partial charge in [-0.2, -0.15) is 0 Å². The zero-order valence-electron chi connectivity index (χ0n) is 69.3. The molecule has 2 aliphatic rings. The summed E-state index contributed by atoms with van der Waals surface area (Å²) in [6.45, 7) is 16.9. The fourth-order valence-corrected chi connectivity index (χ4v) is 21.5. The van der Waals surface area contributed by atoms with Crippen molar-refractivity contribution in [1.29, 1.82) is 0 Å². The Hall–Kier alpha value is -13.1. The van der Waals surface area contributed by atoms with Crippen molar-refractivity contribution in [3.8, 4) is 44.1 Å². The van der Waals surface area contributed by atoms with Crippen LogP contribution in [0.25, 0.3) is 84.1 Å². The molecule has 3 amide bonds. The van der Waals surface area contributed by atoms with Crippen LogP contribution in [0.15, 0.2) is 146 Å². The number of carbonyl (C=O) groups excluding carboxylic acids is 4. The summed E-state index contributed by atoms with van der Waals surface area (Å²) in [5, 5.41) is 26.3. The van der Waals surface area contributed by atoms with E-state index in [0.29, 0.717) is 51.5 Å². The molecule has 8 aromatic carbocycles. The number of aromatic nitrogens is 12. The average molecular weight is 1820 g/mol. The molecule has 0 fully saturated rings. The fraction of sp³-hybridized carbons (Fsp3) is 0.205. The van der Waals surface area contributed by atoms with Gasteiger partial charge < -0.3 is 72.7 Å². The lowest BCUT2D eigenvalue weighted by atomic mass is 10.1. The SMILES string of the molecule is CC(=O)c1cccc(Nc2nc3c(ccc4[nH]c(N)nc43)s2)c1.COc1ccccc1Nc1nc2c(ccc3[nH]c(NC(C)=O)nc32)s1.COc1ccccc1Nc1nc2c(s1)CCCc1nc(C)sc1-2.Cc1nc2c(s1)-c1nc(Nc3cc(C(N)=O)ccc3OC(C)C)sc1CC2.Cc1nc2ccc3sc(Nc4cc(C(N)=O)ccc4OC(C)C)nc3c2s1. The third-order valence-electron chi connectivity index (χ3n) is 19.1. The number of hydrogen-bond acceptors (Lipinski definition) is 32. The molecule has 10 heterocycles. The summed E-state index contributed by atoms with van der Waals surface area (Å²) >= 11 is 13.1. The van der Waals surface area contributed by atoms with E-state index in [1.807, 2.05) is 145 Å². The van der Waals surface area contributed by atoms with Crippen molar-refractivity contribution in [3.05, 3.63) is 198 Å². The molecule has 14 N–H and O–H groups in total. The van der Waals surface area contributed by atoms with Crippen LogP contribution in [0.5, 0.6) is 23.0 Å². The maximum Gasteiger partial charge on any atom is 0.248 e. The molecule has 0 saturated carbocycles. The minimum absolute atomic E-state index is 0.000128. The monoisotopic (exact) mass is 1820 g/mol. The molecule has 636 valence electrons. The van der Waals surface area contributed by atoms with Crippen molar-refractivity contribution >= 4 is 243 Å². The topological polar surface area (TPSA) is 416 Å². The van der Waals surface area contributed by atoms with Crippen LogP contribution in [0.2, 0.25) is 0 Å². The van der Waals surface area contributed by atoms with E-state index in [-0.39, 0.29) is 23.9 Å². The molecule has 37 heteroatoms. The molecule has 125 heavy (non-hydrogen) atoms. The molecule has 0 atom stereocenters. The number of nitrogen functional groups attached to an aromatic ring is 1. The minimum Gasteiger partial charge on any atom is -0.495 e. The number of imidazole rings is 2. The summed E-state index contributed by atoms with van der Waals surface area (Å²) in [6.07, 6.45) is 5.17. The molecular weight excluding hydrogens is 1740 g/mol. The number of anilines is 12. The largest absolute Gasteiger partial charge is 0.495 e. The van der Waals surface area contributed by atoms with Crippen LogP contribution in [0.1, 0.15) is 115 Å². The highest BCUT2D eigenvalue weighted by molar-refractivity contribution is 7.24. The lowest BCUT2D eigenvalue weighted by molar-refractivity contribution is -0.114. The van der Waals surface area contributed by atoms with Crippen molar-refractivity contribution < 1.29 is 38.1 Å². The van der Waals surface area contributed by atoms with Gasteiger partial charge in [-0.25, -0.2) is 49.8 Å². The predicted octanol–water partition coefficient (Wildman–Crippen LogP) is 21.5. The third kappa shape index (κ3) is 19.6. The van der Waals surface area contributed by atoms with Crippen molar-refractivity contribution in [2.24, 2.45) is 11.5 Å². The number of amides is 3. The Balaban J connectivity index is 0.000000115. The number of nitrogens with two attached hydrogens (primary N) is 3. The summed E-state index contributed by atoms with van der Waals surface area (Å²) < 4.78 is 26.7. The first-order chi connectivity index (χ1) is 60.3. The number of nitrogens with zero attached hydrogens (tertiary/aromatic N) is 10. The Morgan fingerprint density at radius 2 is 0.912 bits per heavy atom. The van der Waals surface area contributed by atoms with Crippen LogP contribution in [-0.4, -0.2) is 110 Å². The van der Waals surface area contributed by atoms with E-state index in [1.54, 1.807) is 132 Å². The Morgan fingerprint density at radius 1 is 0.424 bits per heavy atom. The first-order valence-corrected chi connectivity index (χ1v) is 46.0. The number of aromatic amines is 2. The van der Waals surface area contributed by atoms with Gasteiger partial charge in [0.15, 0.2) is 37.4 Å². The number of H-pyrrole nitrogens is 2. The normalized spacial score (nSPS) is 11.8. The molecule has 0 spiro atoms. The first kappa shape index (κ1) is 85.4. The summed E-state index contributed by atoms with van der Waals surface area (Å²) in [5.41, 5.74) is 33.2. The standard InChI is InChI=1S/C19H20N4O2S2.C19H18N4O2S2.C17H15N5O2S.C17H17N3OS2.C16H13N5OS/c2*1-9(2)25-14-6-4-11(18(20)24)8-13(14)22-19-23-16-15(27-19)7-5-12-17(16)26-10(3)21-12;1-9(23)18-16-19-11-7-8-13-15(14(11)21-16)22-17(25-13)20-10-5-3-4-6-12(10)24-2;1-10-18-12-7-5-9-14-15(16(12)22-10)20-17(23-14)19-11-6-3-4-8-13(11)21-2;1-8(22)9-3-2-4-10(7-9)18-16-21-14-12(23-16)6-5-11-13(14)20-15(17)19-11/h4,6,8-9H,5,7H2,1-3H3,(H2,20,24)(H,22,23);4-9H,1-3H3,(H2,20,24)(H,22,23);3-8H,1-2H3,(H,20,22)(H2,18,19,21,23);3-4,6,8H,5,7,9H2,1-2H3,(H,19,20);2-7H,1H3,(H,18,21)(H3,17,19,20). The molecule has 29 nitrogen and oxygen atoms in total.